The summed E-state index contributed by atoms with van der Waals surface area (Å²) in [6.07, 6.45) is 3.61. The zero-order chi connectivity index (χ0) is 9.10. The molecule has 0 atom stereocenters. The third-order valence-corrected chi connectivity index (χ3v) is 2.27. The first kappa shape index (κ1) is 8.32. The Labute approximate surface area is 82.9 Å². The molecule has 2 rings (SSSR count). The summed E-state index contributed by atoms with van der Waals surface area (Å²) in [5, 5.41) is 0. The Morgan fingerprint density at radius 3 is 2.54 bits per heavy atom. The minimum atomic E-state index is 0.982. The summed E-state index contributed by atoms with van der Waals surface area (Å²) in [5.74, 6) is 0. The summed E-state index contributed by atoms with van der Waals surface area (Å²) in [7, 11) is 0. The Morgan fingerprint density at radius 2 is 1.85 bits per heavy atom. The minimum Gasteiger partial charge on any atom is -0.264 e. The number of aromatic nitrogens is 1. The largest absolute Gasteiger partial charge is 0.264 e. The zero-order valence-electron chi connectivity index (χ0n) is 7.01. The standard InChI is InChI=1S/C11H9NS/c13-11-6-2-1-5-10(11)9-4-3-7-12-8-9/h1-8,13H. The van der Waals surface area contributed by atoms with E-state index in [4.69, 9.17) is 0 Å². The highest BCUT2D eigenvalue weighted by molar-refractivity contribution is 7.80. The Balaban J connectivity index is 2.54. The van der Waals surface area contributed by atoms with Crippen LogP contribution in [0.15, 0.2) is 53.7 Å². The molecule has 0 bridgehead atoms. The highest BCUT2D eigenvalue weighted by Gasteiger charge is 1.99. The second-order valence-electron chi connectivity index (χ2n) is 2.76. The van der Waals surface area contributed by atoms with Crippen LogP contribution >= 0.6 is 12.6 Å². The van der Waals surface area contributed by atoms with Gasteiger partial charge in [0.05, 0.1) is 0 Å². The molecule has 0 amide bonds. The van der Waals surface area contributed by atoms with Crippen molar-refractivity contribution in [1.29, 1.82) is 0 Å². The number of hydrogen-bond donors (Lipinski definition) is 1. The molecule has 1 aromatic carbocycles. The van der Waals surface area contributed by atoms with Crippen LogP contribution in [-0.4, -0.2) is 4.98 Å². The second-order valence-corrected chi connectivity index (χ2v) is 3.24. The summed E-state index contributed by atoms with van der Waals surface area (Å²) in [5.41, 5.74) is 2.23. The molecular formula is C11H9NS. The normalized spacial score (nSPS) is 9.92. The molecule has 0 N–H and O–H groups in total. The van der Waals surface area contributed by atoms with E-state index < -0.39 is 0 Å². The van der Waals surface area contributed by atoms with Crippen LogP contribution in [0.4, 0.5) is 0 Å². The Morgan fingerprint density at radius 1 is 1.00 bits per heavy atom. The summed E-state index contributed by atoms with van der Waals surface area (Å²) in [6.45, 7) is 0. The average molecular weight is 187 g/mol. The van der Waals surface area contributed by atoms with Crippen LogP contribution in [0, 0.1) is 0 Å². The third kappa shape index (κ3) is 1.73. The maximum Gasteiger partial charge on any atom is 0.0346 e. The van der Waals surface area contributed by atoms with Gasteiger partial charge in [0.1, 0.15) is 0 Å². The Kier molecular flexibility index (Phi) is 2.32. The van der Waals surface area contributed by atoms with Gasteiger partial charge in [-0.05, 0) is 17.7 Å². The van der Waals surface area contributed by atoms with Gasteiger partial charge in [0.25, 0.3) is 0 Å². The molecular weight excluding hydrogens is 178 g/mol. The van der Waals surface area contributed by atoms with Crippen molar-refractivity contribution in [3.05, 3.63) is 48.8 Å². The summed E-state index contributed by atoms with van der Waals surface area (Å²) in [6, 6.07) is 12.0. The van der Waals surface area contributed by atoms with Gasteiger partial charge in [-0.3, -0.25) is 4.98 Å². The van der Waals surface area contributed by atoms with E-state index >= 15 is 0 Å². The lowest BCUT2D eigenvalue weighted by atomic mass is 10.1. The molecule has 1 nitrogen and oxygen atoms in total. The number of pyridine rings is 1. The second kappa shape index (κ2) is 3.62. The lowest BCUT2D eigenvalue weighted by molar-refractivity contribution is 1.32. The van der Waals surface area contributed by atoms with Gasteiger partial charge in [0.15, 0.2) is 0 Å². The smallest absolute Gasteiger partial charge is 0.0346 e. The number of rotatable bonds is 1. The van der Waals surface area contributed by atoms with Gasteiger partial charge in [-0.2, -0.15) is 0 Å². The molecule has 0 saturated carbocycles. The van der Waals surface area contributed by atoms with Crippen molar-refractivity contribution in [1.82, 2.24) is 4.98 Å². The van der Waals surface area contributed by atoms with E-state index in [0.717, 1.165) is 16.0 Å². The van der Waals surface area contributed by atoms with Gasteiger partial charge in [-0.15, -0.1) is 12.6 Å². The van der Waals surface area contributed by atoms with Gasteiger partial charge in [0, 0.05) is 22.9 Å². The van der Waals surface area contributed by atoms with Gasteiger partial charge in [-0.25, -0.2) is 0 Å². The quantitative estimate of drug-likeness (QED) is 0.677. The van der Waals surface area contributed by atoms with Crippen molar-refractivity contribution < 1.29 is 0 Å². The number of nitrogens with zero attached hydrogens (tertiary/aromatic N) is 1. The predicted molar refractivity (Wildman–Crippen MR) is 56.9 cm³/mol. The maximum absolute atomic E-state index is 4.38. The average Bonchev–Trinajstić information content (AvgIpc) is 2.20. The Bertz CT molecular complexity index is 398. The molecule has 0 aliphatic carbocycles. The first-order chi connectivity index (χ1) is 6.38. The summed E-state index contributed by atoms with van der Waals surface area (Å²) in [4.78, 5) is 5.05. The molecule has 0 radical (unpaired) electrons. The topological polar surface area (TPSA) is 12.9 Å². The van der Waals surface area contributed by atoms with Crippen molar-refractivity contribution in [2.75, 3.05) is 0 Å². The van der Waals surface area contributed by atoms with E-state index in [-0.39, 0.29) is 0 Å². The molecule has 0 saturated heterocycles. The monoisotopic (exact) mass is 187 g/mol. The highest BCUT2D eigenvalue weighted by atomic mass is 32.1. The Hall–Kier alpha value is -1.28. The SMILES string of the molecule is Sc1ccccc1-c1cccnc1. The third-order valence-electron chi connectivity index (χ3n) is 1.88. The van der Waals surface area contributed by atoms with Gasteiger partial charge in [0.2, 0.25) is 0 Å². The highest BCUT2D eigenvalue weighted by Crippen LogP contribution is 2.24. The molecule has 0 aliphatic heterocycles. The lowest BCUT2D eigenvalue weighted by Crippen LogP contribution is -1.80. The van der Waals surface area contributed by atoms with E-state index in [0.29, 0.717) is 0 Å². The summed E-state index contributed by atoms with van der Waals surface area (Å²) < 4.78 is 0. The van der Waals surface area contributed by atoms with Crippen molar-refractivity contribution >= 4 is 12.6 Å². The summed E-state index contributed by atoms with van der Waals surface area (Å²) >= 11 is 4.38. The molecule has 0 fully saturated rings. The van der Waals surface area contributed by atoms with Gasteiger partial charge >= 0.3 is 0 Å². The van der Waals surface area contributed by atoms with E-state index in [1.807, 2.05) is 42.6 Å². The fourth-order valence-electron chi connectivity index (χ4n) is 1.24. The molecule has 2 heteroatoms. The van der Waals surface area contributed by atoms with Crippen LogP contribution < -0.4 is 0 Å². The van der Waals surface area contributed by atoms with Crippen molar-refractivity contribution in [2.45, 2.75) is 4.90 Å². The number of thiol groups is 1. The van der Waals surface area contributed by atoms with Crippen molar-refractivity contribution in [2.24, 2.45) is 0 Å². The molecule has 2 aromatic rings. The molecule has 13 heavy (non-hydrogen) atoms. The van der Waals surface area contributed by atoms with E-state index in [1.165, 1.54) is 0 Å². The first-order valence-corrected chi connectivity index (χ1v) is 4.51. The van der Waals surface area contributed by atoms with Crippen LogP contribution in [0.25, 0.3) is 11.1 Å². The van der Waals surface area contributed by atoms with Crippen molar-refractivity contribution in [3.8, 4) is 11.1 Å². The van der Waals surface area contributed by atoms with Gasteiger partial charge < -0.3 is 0 Å². The fourth-order valence-corrected chi connectivity index (χ4v) is 1.53. The van der Waals surface area contributed by atoms with E-state index in [2.05, 4.69) is 17.6 Å². The molecule has 0 aliphatic rings. The molecule has 64 valence electrons. The molecule has 0 unspecified atom stereocenters. The van der Waals surface area contributed by atoms with Gasteiger partial charge in [-0.1, -0.05) is 24.3 Å². The molecule has 1 aromatic heterocycles. The first-order valence-electron chi connectivity index (χ1n) is 4.06. The minimum absolute atomic E-state index is 0.982. The maximum atomic E-state index is 4.38. The van der Waals surface area contributed by atoms with Crippen LogP contribution in [0.2, 0.25) is 0 Å². The fraction of sp³-hybridized carbons (Fsp3) is 0. The number of benzene rings is 1. The molecule has 1 heterocycles. The van der Waals surface area contributed by atoms with Crippen LogP contribution in [0.5, 0.6) is 0 Å². The van der Waals surface area contributed by atoms with Crippen LogP contribution in [0.1, 0.15) is 0 Å². The lowest BCUT2D eigenvalue weighted by Gasteiger charge is -2.02. The van der Waals surface area contributed by atoms with Crippen molar-refractivity contribution in [3.63, 3.8) is 0 Å². The van der Waals surface area contributed by atoms with E-state index in [9.17, 15) is 0 Å². The van der Waals surface area contributed by atoms with Crippen LogP contribution in [-0.2, 0) is 0 Å². The predicted octanol–water partition coefficient (Wildman–Crippen LogP) is 3.04. The van der Waals surface area contributed by atoms with E-state index in [1.54, 1.807) is 6.20 Å². The zero-order valence-corrected chi connectivity index (χ0v) is 7.91. The molecule has 0 spiro atoms. The number of hydrogen-bond acceptors (Lipinski definition) is 2. The van der Waals surface area contributed by atoms with Crippen LogP contribution in [0.3, 0.4) is 0 Å².